The summed E-state index contributed by atoms with van der Waals surface area (Å²) in [5.41, 5.74) is 3.39. The van der Waals surface area contributed by atoms with Crippen LogP contribution in [-0.2, 0) is 6.42 Å². The lowest BCUT2D eigenvalue weighted by atomic mass is 9.99. The highest BCUT2D eigenvalue weighted by molar-refractivity contribution is 6.42. The second-order valence-corrected chi connectivity index (χ2v) is 5.09. The van der Waals surface area contributed by atoms with Gasteiger partial charge >= 0.3 is 0 Å². The van der Waals surface area contributed by atoms with E-state index in [-0.39, 0.29) is 12.0 Å². The minimum absolute atomic E-state index is 0.153. The van der Waals surface area contributed by atoms with Crippen LogP contribution in [0.3, 0.4) is 0 Å². The Labute approximate surface area is 125 Å². The molecule has 0 radical (unpaired) electrons. The molecule has 0 amide bonds. The van der Waals surface area contributed by atoms with Gasteiger partial charge in [0.2, 0.25) is 0 Å². The summed E-state index contributed by atoms with van der Waals surface area (Å²) < 4.78 is 26.8. The standard InChI is InChI=1S/C14H12Cl2F2N2/c15-11-3-1-2-10(14(11)16)13(20-19)7-8-6-9(17)4-5-12(8)18/h1-6,13,20H,7,19H2. The second kappa shape index (κ2) is 6.50. The quantitative estimate of drug-likeness (QED) is 0.660. The Kier molecular flexibility index (Phi) is 4.94. The van der Waals surface area contributed by atoms with E-state index in [9.17, 15) is 8.78 Å². The molecule has 0 spiro atoms. The van der Waals surface area contributed by atoms with Crippen LogP contribution in [0.4, 0.5) is 8.78 Å². The van der Waals surface area contributed by atoms with Gasteiger partial charge in [0.15, 0.2) is 0 Å². The predicted molar refractivity (Wildman–Crippen MR) is 76.6 cm³/mol. The third-order valence-electron chi connectivity index (χ3n) is 2.99. The highest BCUT2D eigenvalue weighted by atomic mass is 35.5. The zero-order valence-electron chi connectivity index (χ0n) is 10.3. The summed E-state index contributed by atoms with van der Waals surface area (Å²) in [6, 6.07) is 7.90. The van der Waals surface area contributed by atoms with E-state index in [1.54, 1.807) is 18.2 Å². The number of nitrogens with two attached hydrogens (primary N) is 1. The minimum atomic E-state index is -0.505. The third kappa shape index (κ3) is 3.27. The molecule has 3 N–H and O–H groups in total. The highest BCUT2D eigenvalue weighted by Gasteiger charge is 2.17. The molecule has 0 heterocycles. The fraction of sp³-hybridized carbons (Fsp3) is 0.143. The molecule has 6 heteroatoms. The van der Waals surface area contributed by atoms with Crippen LogP contribution in [0, 0.1) is 11.6 Å². The third-order valence-corrected chi connectivity index (χ3v) is 3.82. The monoisotopic (exact) mass is 316 g/mol. The number of benzene rings is 2. The number of nitrogens with one attached hydrogen (secondary N) is 1. The van der Waals surface area contributed by atoms with Crippen LogP contribution in [0.2, 0.25) is 10.0 Å². The van der Waals surface area contributed by atoms with E-state index >= 15 is 0 Å². The van der Waals surface area contributed by atoms with Crippen molar-refractivity contribution in [3.8, 4) is 0 Å². The van der Waals surface area contributed by atoms with E-state index < -0.39 is 17.7 Å². The van der Waals surface area contributed by atoms with Crippen LogP contribution in [0.1, 0.15) is 17.2 Å². The van der Waals surface area contributed by atoms with Crippen LogP contribution in [-0.4, -0.2) is 0 Å². The molecule has 20 heavy (non-hydrogen) atoms. The van der Waals surface area contributed by atoms with E-state index in [0.717, 1.165) is 18.2 Å². The van der Waals surface area contributed by atoms with E-state index in [4.69, 9.17) is 29.0 Å². The molecule has 0 aliphatic rings. The summed E-state index contributed by atoms with van der Waals surface area (Å²) in [6.45, 7) is 0. The van der Waals surface area contributed by atoms with E-state index in [1.165, 1.54) is 0 Å². The Bertz CT molecular complexity index is 620. The Morgan fingerprint density at radius 3 is 2.60 bits per heavy atom. The average Bonchev–Trinajstić information content (AvgIpc) is 2.43. The van der Waals surface area contributed by atoms with Crippen molar-refractivity contribution >= 4 is 23.2 Å². The maximum atomic E-state index is 13.7. The van der Waals surface area contributed by atoms with Gasteiger partial charge in [-0.1, -0.05) is 35.3 Å². The molecule has 1 atom stereocenters. The summed E-state index contributed by atoms with van der Waals surface area (Å²) >= 11 is 12.0. The van der Waals surface area contributed by atoms with Crippen molar-refractivity contribution in [2.45, 2.75) is 12.5 Å². The van der Waals surface area contributed by atoms with Gasteiger partial charge in [0, 0.05) is 0 Å². The van der Waals surface area contributed by atoms with Crippen LogP contribution in [0.15, 0.2) is 36.4 Å². The number of halogens is 4. The fourth-order valence-electron chi connectivity index (χ4n) is 1.97. The summed E-state index contributed by atoms with van der Waals surface area (Å²) in [6.07, 6.45) is 0.153. The smallest absolute Gasteiger partial charge is 0.126 e. The molecule has 0 fully saturated rings. The first kappa shape index (κ1) is 15.2. The van der Waals surface area contributed by atoms with Gasteiger partial charge in [0.25, 0.3) is 0 Å². The van der Waals surface area contributed by atoms with Crippen LogP contribution < -0.4 is 11.3 Å². The van der Waals surface area contributed by atoms with E-state index in [1.807, 2.05) is 0 Å². The van der Waals surface area contributed by atoms with Gasteiger partial charge in [-0.25, -0.2) is 8.78 Å². The van der Waals surface area contributed by atoms with Crippen LogP contribution >= 0.6 is 23.2 Å². The second-order valence-electron chi connectivity index (χ2n) is 4.30. The number of hydrazine groups is 1. The fourth-order valence-corrected chi connectivity index (χ4v) is 2.41. The van der Waals surface area contributed by atoms with Crippen molar-refractivity contribution in [1.29, 1.82) is 0 Å². The lowest BCUT2D eigenvalue weighted by molar-refractivity contribution is 0.523. The molecule has 2 nitrogen and oxygen atoms in total. The molecule has 106 valence electrons. The van der Waals surface area contributed by atoms with Crippen molar-refractivity contribution in [3.63, 3.8) is 0 Å². The highest BCUT2D eigenvalue weighted by Crippen LogP contribution is 2.31. The Morgan fingerprint density at radius 1 is 1.15 bits per heavy atom. The van der Waals surface area contributed by atoms with Crippen molar-refractivity contribution in [2.24, 2.45) is 5.84 Å². The SMILES string of the molecule is NNC(Cc1cc(F)ccc1F)c1cccc(Cl)c1Cl. The molecule has 0 aromatic heterocycles. The molecular weight excluding hydrogens is 305 g/mol. The molecule has 1 unspecified atom stereocenters. The molecule has 2 rings (SSSR count). The lowest BCUT2D eigenvalue weighted by Crippen LogP contribution is -2.30. The average molecular weight is 317 g/mol. The molecule has 2 aromatic rings. The summed E-state index contributed by atoms with van der Waals surface area (Å²) in [5, 5.41) is 0.720. The van der Waals surface area contributed by atoms with Gasteiger partial charge in [-0.3, -0.25) is 11.3 Å². The van der Waals surface area contributed by atoms with Gasteiger partial charge in [-0.15, -0.1) is 0 Å². The first-order valence-electron chi connectivity index (χ1n) is 5.87. The molecule has 0 aliphatic carbocycles. The predicted octanol–water partition coefficient (Wildman–Crippen LogP) is 4.02. The van der Waals surface area contributed by atoms with Gasteiger partial charge in [-0.2, -0.15) is 0 Å². The zero-order valence-corrected chi connectivity index (χ0v) is 11.8. The normalized spacial score (nSPS) is 12.4. The van der Waals surface area contributed by atoms with E-state index in [2.05, 4.69) is 5.43 Å². The van der Waals surface area contributed by atoms with E-state index in [0.29, 0.717) is 15.6 Å². The molecule has 2 aromatic carbocycles. The molecule has 0 aliphatic heterocycles. The topological polar surface area (TPSA) is 38.0 Å². The van der Waals surface area contributed by atoms with Gasteiger partial charge < -0.3 is 0 Å². The molecule has 0 bridgehead atoms. The first-order valence-corrected chi connectivity index (χ1v) is 6.62. The first-order chi connectivity index (χ1) is 9.52. The summed E-state index contributed by atoms with van der Waals surface area (Å²) in [4.78, 5) is 0. The number of rotatable bonds is 4. The van der Waals surface area contributed by atoms with Crippen molar-refractivity contribution in [3.05, 3.63) is 69.2 Å². The van der Waals surface area contributed by atoms with Gasteiger partial charge in [0.05, 0.1) is 16.1 Å². The summed E-state index contributed by atoms with van der Waals surface area (Å²) in [7, 11) is 0. The van der Waals surface area contributed by atoms with Gasteiger partial charge in [-0.05, 0) is 41.8 Å². The maximum Gasteiger partial charge on any atom is 0.126 e. The Hall–Kier alpha value is -1.20. The van der Waals surface area contributed by atoms with Crippen molar-refractivity contribution in [1.82, 2.24) is 5.43 Å². The maximum absolute atomic E-state index is 13.7. The lowest BCUT2D eigenvalue weighted by Gasteiger charge is -2.18. The largest absolute Gasteiger partial charge is 0.271 e. The van der Waals surface area contributed by atoms with Crippen LogP contribution in [0.5, 0.6) is 0 Å². The Balaban J connectivity index is 2.34. The summed E-state index contributed by atoms with van der Waals surface area (Å²) in [5.74, 6) is 4.49. The van der Waals surface area contributed by atoms with Gasteiger partial charge in [0.1, 0.15) is 11.6 Å². The molecule has 0 saturated carbocycles. The number of hydrogen-bond acceptors (Lipinski definition) is 2. The van der Waals surface area contributed by atoms with Crippen LogP contribution in [0.25, 0.3) is 0 Å². The minimum Gasteiger partial charge on any atom is -0.271 e. The molecular formula is C14H12Cl2F2N2. The zero-order chi connectivity index (χ0) is 14.7. The number of hydrogen-bond donors (Lipinski definition) is 2. The van der Waals surface area contributed by atoms with Crippen molar-refractivity contribution in [2.75, 3.05) is 0 Å². The molecule has 0 saturated heterocycles. The Morgan fingerprint density at radius 2 is 1.90 bits per heavy atom. The van der Waals surface area contributed by atoms with Crippen molar-refractivity contribution < 1.29 is 8.78 Å².